The van der Waals surface area contributed by atoms with E-state index in [1.807, 2.05) is 79.7 Å². The molecule has 1 amide bonds. The summed E-state index contributed by atoms with van der Waals surface area (Å²) in [6, 6.07) is 18.6. The van der Waals surface area contributed by atoms with Crippen molar-refractivity contribution in [3.63, 3.8) is 0 Å². The van der Waals surface area contributed by atoms with Gasteiger partial charge in [-0.25, -0.2) is 9.61 Å². The van der Waals surface area contributed by atoms with Gasteiger partial charge in [0.1, 0.15) is 16.9 Å². The molecule has 0 unspecified atom stereocenters. The summed E-state index contributed by atoms with van der Waals surface area (Å²) in [6.07, 6.45) is 0. The minimum Gasteiger partial charge on any atom is -0.378 e. The van der Waals surface area contributed by atoms with Crippen LogP contribution in [-0.2, 0) is 0 Å². The van der Waals surface area contributed by atoms with Crippen LogP contribution >= 0.6 is 0 Å². The highest BCUT2D eigenvalue weighted by atomic mass is 16.6. The van der Waals surface area contributed by atoms with Crippen molar-refractivity contribution >= 4 is 39.3 Å². The number of carbonyl (C=O) groups excluding carboxylic acids is 1. The Morgan fingerprint density at radius 1 is 0.933 bits per heavy atom. The zero-order valence-corrected chi connectivity index (χ0v) is 16.4. The fourth-order valence-corrected chi connectivity index (χ4v) is 3.26. The van der Waals surface area contributed by atoms with Crippen LogP contribution in [0, 0.1) is 0 Å². The summed E-state index contributed by atoms with van der Waals surface area (Å²) in [5.41, 5.74) is 6.18. The molecule has 30 heavy (non-hydrogen) atoms. The molecule has 2 aromatic heterocycles. The van der Waals surface area contributed by atoms with Gasteiger partial charge in [-0.3, -0.25) is 4.79 Å². The van der Waals surface area contributed by atoms with Crippen molar-refractivity contribution in [2.45, 2.75) is 0 Å². The SMILES string of the molecule is CN(C)c1ccc(C(=O)Nc2ccc3[nH]c(-c4ccc5nonc5c4)nc3c2)cc1. The number of benzene rings is 3. The summed E-state index contributed by atoms with van der Waals surface area (Å²) in [7, 11) is 3.92. The molecule has 0 saturated carbocycles. The van der Waals surface area contributed by atoms with Gasteiger partial charge in [0.05, 0.1) is 11.0 Å². The summed E-state index contributed by atoms with van der Waals surface area (Å²) < 4.78 is 4.75. The van der Waals surface area contributed by atoms with E-state index in [0.29, 0.717) is 28.1 Å². The molecule has 8 heteroatoms. The number of anilines is 2. The van der Waals surface area contributed by atoms with Crippen LogP contribution in [0.5, 0.6) is 0 Å². The van der Waals surface area contributed by atoms with Gasteiger partial charge >= 0.3 is 0 Å². The number of rotatable bonds is 4. The molecule has 0 aliphatic heterocycles. The molecular formula is C22H18N6O2. The van der Waals surface area contributed by atoms with Crippen LogP contribution in [0.1, 0.15) is 10.4 Å². The van der Waals surface area contributed by atoms with Gasteiger partial charge in [0.15, 0.2) is 0 Å². The van der Waals surface area contributed by atoms with Gasteiger partial charge in [-0.2, -0.15) is 0 Å². The normalized spacial score (nSPS) is 11.1. The lowest BCUT2D eigenvalue weighted by Crippen LogP contribution is -2.13. The first-order valence-electron chi connectivity index (χ1n) is 9.38. The van der Waals surface area contributed by atoms with Gasteiger partial charge in [-0.15, -0.1) is 0 Å². The van der Waals surface area contributed by atoms with Crippen molar-refractivity contribution < 1.29 is 9.42 Å². The second-order valence-electron chi connectivity index (χ2n) is 7.18. The van der Waals surface area contributed by atoms with E-state index < -0.39 is 0 Å². The molecule has 2 heterocycles. The van der Waals surface area contributed by atoms with Gasteiger partial charge in [0, 0.05) is 36.6 Å². The van der Waals surface area contributed by atoms with Crippen LogP contribution in [0.15, 0.2) is 65.3 Å². The third kappa shape index (κ3) is 3.24. The Bertz CT molecular complexity index is 1370. The summed E-state index contributed by atoms with van der Waals surface area (Å²) in [4.78, 5) is 22.5. The van der Waals surface area contributed by atoms with E-state index in [4.69, 9.17) is 4.63 Å². The van der Waals surface area contributed by atoms with E-state index in [0.717, 1.165) is 22.3 Å². The summed E-state index contributed by atoms with van der Waals surface area (Å²) in [5, 5.41) is 10.6. The number of fused-ring (bicyclic) bond motifs is 2. The molecule has 148 valence electrons. The van der Waals surface area contributed by atoms with Crippen molar-refractivity contribution in [1.82, 2.24) is 20.3 Å². The molecular weight excluding hydrogens is 380 g/mol. The Kier molecular flexibility index (Phi) is 4.17. The molecule has 2 N–H and O–H groups in total. The van der Waals surface area contributed by atoms with Crippen molar-refractivity contribution in [3.8, 4) is 11.4 Å². The van der Waals surface area contributed by atoms with Gasteiger partial charge in [0.2, 0.25) is 0 Å². The minimum atomic E-state index is -0.167. The van der Waals surface area contributed by atoms with Crippen molar-refractivity contribution in [1.29, 1.82) is 0 Å². The Hall–Kier alpha value is -4.20. The topological polar surface area (TPSA) is 99.9 Å². The monoisotopic (exact) mass is 398 g/mol. The van der Waals surface area contributed by atoms with Crippen LogP contribution in [0.3, 0.4) is 0 Å². The average Bonchev–Trinajstić information content (AvgIpc) is 3.39. The number of hydrogen-bond acceptors (Lipinski definition) is 6. The second-order valence-corrected chi connectivity index (χ2v) is 7.18. The quantitative estimate of drug-likeness (QED) is 0.473. The maximum atomic E-state index is 12.6. The predicted molar refractivity (Wildman–Crippen MR) is 116 cm³/mol. The molecule has 8 nitrogen and oxygen atoms in total. The fraction of sp³-hybridized carbons (Fsp3) is 0.0909. The van der Waals surface area contributed by atoms with E-state index in [9.17, 15) is 4.79 Å². The molecule has 0 atom stereocenters. The lowest BCUT2D eigenvalue weighted by atomic mass is 10.2. The number of amides is 1. The number of nitrogens with one attached hydrogen (secondary N) is 2. The Morgan fingerprint density at radius 3 is 2.53 bits per heavy atom. The molecule has 3 aromatic carbocycles. The number of aromatic nitrogens is 4. The molecule has 0 aliphatic carbocycles. The Morgan fingerprint density at radius 2 is 1.73 bits per heavy atom. The predicted octanol–water partition coefficient (Wildman–Crippen LogP) is 4.08. The molecule has 0 fully saturated rings. The first-order valence-corrected chi connectivity index (χ1v) is 9.38. The number of hydrogen-bond donors (Lipinski definition) is 2. The molecule has 0 spiro atoms. The van der Waals surface area contributed by atoms with E-state index in [1.165, 1.54) is 0 Å². The largest absolute Gasteiger partial charge is 0.378 e. The van der Waals surface area contributed by atoms with Crippen LogP contribution < -0.4 is 10.2 Å². The molecule has 0 aliphatic rings. The average molecular weight is 398 g/mol. The molecule has 0 saturated heterocycles. The maximum Gasteiger partial charge on any atom is 0.255 e. The number of H-pyrrole nitrogens is 1. The lowest BCUT2D eigenvalue weighted by molar-refractivity contribution is 0.102. The molecule has 5 rings (SSSR count). The second kappa shape index (κ2) is 7.00. The fourth-order valence-electron chi connectivity index (χ4n) is 3.26. The van der Waals surface area contributed by atoms with Crippen molar-refractivity contribution in [2.75, 3.05) is 24.3 Å². The minimum absolute atomic E-state index is 0.167. The Balaban J connectivity index is 1.40. The van der Waals surface area contributed by atoms with E-state index in [-0.39, 0.29) is 5.91 Å². The van der Waals surface area contributed by atoms with Crippen molar-refractivity contribution in [3.05, 3.63) is 66.2 Å². The zero-order chi connectivity index (χ0) is 20.7. The highest BCUT2D eigenvalue weighted by Gasteiger charge is 2.11. The van der Waals surface area contributed by atoms with Crippen molar-refractivity contribution in [2.24, 2.45) is 0 Å². The van der Waals surface area contributed by atoms with Gasteiger partial charge < -0.3 is 15.2 Å². The number of carbonyl (C=O) groups is 1. The molecule has 5 aromatic rings. The highest BCUT2D eigenvalue weighted by molar-refractivity contribution is 6.05. The lowest BCUT2D eigenvalue weighted by Gasteiger charge is -2.12. The molecule has 0 radical (unpaired) electrons. The summed E-state index contributed by atoms with van der Waals surface area (Å²) in [6.45, 7) is 0. The van der Waals surface area contributed by atoms with Crippen LogP contribution in [0.2, 0.25) is 0 Å². The zero-order valence-electron chi connectivity index (χ0n) is 16.4. The first kappa shape index (κ1) is 17.9. The van der Waals surface area contributed by atoms with Crippen LogP contribution in [-0.4, -0.2) is 40.3 Å². The number of imidazole rings is 1. The highest BCUT2D eigenvalue weighted by Crippen LogP contribution is 2.25. The summed E-state index contributed by atoms with van der Waals surface area (Å²) >= 11 is 0. The number of nitrogens with zero attached hydrogens (tertiary/aromatic N) is 4. The van der Waals surface area contributed by atoms with E-state index in [2.05, 4.69) is 25.6 Å². The van der Waals surface area contributed by atoms with Crippen LogP contribution in [0.25, 0.3) is 33.5 Å². The maximum absolute atomic E-state index is 12.6. The van der Waals surface area contributed by atoms with Gasteiger partial charge in [-0.05, 0) is 71.0 Å². The smallest absolute Gasteiger partial charge is 0.255 e. The number of aromatic amines is 1. The first-order chi connectivity index (χ1) is 14.6. The Labute approximate surface area is 171 Å². The van der Waals surface area contributed by atoms with Gasteiger partial charge in [0.25, 0.3) is 5.91 Å². The summed E-state index contributed by atoms with van der Waals surface area (Å²) in [5.74, 6) is 0.539. The van der Waals surface area contributed by atoms with Gasteiger partial charge in [-0.1, -0.05) is 0 Å². The molecule has 0 bridgehead atoms. The van der Waals surface area contributed by atoms with E-state index >= 15 is 0 Å². The third-order valence-corrected chi connectivity index (χ3v) is 4.91. The van der Waals surface area contributed by atoms with Crippen LogP contribution in [0.4, 0.5) is 11.4 Å². The third-order valence-electron chi connectivity index (χ3n) is 4.91. The van der Waals surface area contributed by atoms with E-state index in [1.54, 1.807) is 0 Å². The standard InChI is InChI=1S/C22H18N6O2/c1-28(2)16-7-3-13(4-8-16)22(29)23-15-6-10-17-19(12-15)25-21(24-17)14-5-9-18-20(11-14)27-30-26-18/h3-12H,1-2H3,(H,23,29)(H,24,25).